The summed E-state index contributed by atoms with van der Waals surface area (Å²) in [7, 11) is 0. The average molecular weight is 446 g/mol. The van der Waals surface area contributed by atoms with E-state index in [1.54, 1.807) is 0 Å². The first-order valence-electron chi connectivity index (χ1n) is 4.72. The Kier molecular flexibility index (Phi) is 15.0. The van der Waals surface area contributed by atoms with Gasteiger partial charge in [-0.15, -0.1) is 0 Å². The fraction of sp³-hybridized carbons (Fsp3) is 1.00. The fourth-order valence-corrected chi connectivity index (χ4v) is 2.35. The maximum atomic E-state index is 5.33. The minimum atomic E-state index is -2.34. The van der Waals surface area contributed by atoms with Crippen molar-refractivity contribution in [3.8, 4) is 0 Å². The van der Waals surface area contributed by atoms with E-state index in [0.717, 1.165) is 25.7 Å². The first-order valence-corrected chi connectivity index (χ1v) is 8.37. The predicted molar refractivity (Wildman–Crippen MR) is 69.1 cm³/mol. The molecule has 0 spiro atoms. The second kappa shape index (κ2) is 11.5. The van der Waals surface area contributed by atoms with Gasteiger partial charge in [-0.2, -0.15) is 0 Å². The van der Waals surface area contributed by atoms with Gasteiger partial charge in [0.2, 0.25) is 0 Å². The molecule has 0 unspecified atom stereocenters. The van der Waals surface area contributed by atoms with Gasteiger partial charge in [-0.1, -0.05) is 26.7 Å². The zero-order valence-corrected chi connectivity index (χ0v) is 15.9. The van der Waals surface area contributed by atoms with E-state index in [-0.39, 0.29) is 27.3 Å². The summed E-state index contributed by atoms with van der Waals surface area (Å²) in [4.78, 5) is 0. The van der Waals surface area contributed by atoms with Crippen molar-refractivity contribution < 1.29 is 9.05 Å². The first kappa shape index (κ1) is 18.3. The fourth-order valence-electron chi connectivity index (χ4n) is 0.679. The number of hydrogen-bond acceptors (Lipinski definition) is 4. The van der Waals surface area contributed by atoms with Gasteiger partial charge in [-0.05, 0) is 12.8 Å². The van der Waals surface area contributed by atoms with Gasteiger partial charge in [0.25, 0.3) is 0 Å². The third-order valence-corrected chi connectivity index (χ3v) is 3.76. The van der Waals surface area contributed by atoms with Crippen LogP contribution in [-0.2, 0) is 33.5 Å². The first-order chi connectivity index (χ1) is 6.12. The Morgan fingerprint density at radius 3 is 1.57 bits per heavy atom. The number of unbranched alkanes of at least 4 members (excludes halogenated alkanes) is 2. The minimum absolute atomic E-state index is 0. The van der Waals surface area contributed by atoms with E-state index in [0.29, 0.717) is 13.2 Å². The maximum absolute atomic E-state index is 5.33. The van der Waals surface area contributed by atoms with Crippen LogP contribution in [-0.4, -0.2) is 40.5 Å². The smallest absolute Gasteiger partial charge is 0.516 e. The molecule has 0 fully saturated rings. The summed E-state index contributed by atoms with van der Waals surface area (Å²) in [6, 6.07) is 0. The molecule has 0 aliphatic rings. The quantitative estimate of drug-likeness (QED) is 0.247. The van der Waals surface area contributed by atoms with Crippen LogP contribution >= 0.6 is 6.12 Å². The van der Waals surface area contributed by atoms with Crippen molar-refractivity contribution >= 4 is 57.9 Å². The standard InChI is InChI=1S/C8H19O2PS2.Tl/c1-3-5-7-9-11(12,13)10-8-6-4-2;/h3-8H2,1-2H3,(H,12,13);/q;+1/p-1. The molecule has 0 heterocycles. The van der Waals surface area contributed by atoms with E-state index in [4.69, 9.17) is 33.5 Å². The number of rotatable bonds is 8. The van der Waals surface area contributed by atoms with Gasteiger partial charge >= 0.3 is 27.3 Å². The van der Waals surface area contributed by atoms with Gasteiger partial charge in [0.05, 0.1) is 13.2 Å². The molecule has 0 aliphatic heterocycles. The van der Waals surface area contributed by atoms with Crippen molar-refractivity contribution in [2.75, 3.05) is 13.2 Å². The Morgan fingerprint density at radius 2 is 1.29 bits per heavy atom. The summed E-state index contributed by atoms with van der Waals surface area (Å²) in [5.41, 5.74) is 0. The summed E-state index contributed by atoms with van der Waals surface area (Å²) < 4.78 is 10.7. The second-order valence-corrected chi connectivity index (χ2v) is 7.81. The van der Waals surface area contributed by atoms with Crippen LogP contribution in [0.2, 0.25) is 0 Å². The normalized spacial score (nSPS) is 11.1. The van der Waals surface area contributed by atoms with Crippen molar-refractivity contribution in [1.29, 1.82) is 0 Å². The van der Waals surface area contributed by atoms with Gasteiger partial charge in [-0.3, -0.25) is 9.05 Å². The molecule has 0 aromatic rings. The molecule has 14 heavy (non-hydrogen) atoms. The minimum Gasteiger partial charge on any atom is -0.516 e. The van der Waals surface area contributed by atoms with Crippen LogP contribution in [0.3, 0.4) is 0 Å². The Morgan fingerprint density at radius 1 is 0.929 bits per heavy atom. The average Bonchev–Trinajstić information content (AvgIpc) is 2.05. The van der Waals surface area contributed by atoms with Gasteiger partial charge in [0.1, 0.15) is 0 Å². The van der Waals surface area contributed by atoms with Crippen molar-refractivity contribution in [3.63, 3.8) is 0 Å². The van der Waals surface area contributed by atoms with Crippen LogP contribution in [0.1, 0.15) is 39.5 Å². The Balaban J connectivity index is 0. The van der Waals surface area contributed by atoms with Crippen LogP contribution < -0.4 is 0 Å². The van der Waals surface area contributed by atoms with Crippen LogP contribution in [0.5, 0.6) is 0 Å². The molecular formula is C8H18O2PS2Tl. The zero-order chi connectivity index (χ0) is 10.2. The molecule has 0 N–H and O–H groups in total. The second-order valence-electron chi connectivity index (χ2n) is 2.82. The molecule has 0 aromatic carbocycles. The zero-order valence-electron chi connectivity index (χ0n) is 8.90. The van der Waals surface area contributed by atoms with Crippen LogP contribution in [0.15, 0.2) is 0 Å². The molecular weight excluding hydrogens is 428 g/mol. The predicted octanol–water partition coefficient (Wildman–Crippen LogP) is 3.01. The van der Waals surface area contributed by atoms with E-state index in [9.17, 15) is 0 Å². The van der Waals surface area contributed by atoms with Gasteiger partial charge in [0, 0.05) is 6.12 Å². The largest absolute Gasteiger partial charge is 1.00 e. The topological polar surface area (TPSA) is 18.5 Å². The van der Waals surface area contributed by atoms with E-state index in [1.165, 1.54) is 0 Å². The van der Waals surface area contributed by atoms with Gasteiger partial charge < -0.3 is 24.5 Å². The molecule has 0 amide bonds. The summed E-state index contributed by atoms with van der Waals surface area (Å²) in [6.07, 6.45) is 1.87. The van der Waals surface area contributed by atoms with Crippen LogP contribution in [0.4, 0.5) is 0 Å². The molecule has 0 saturated heterocycles. The Labute approximate surface area is 119 Å². The van der Waals surface area contributed by atoms with Crippen molar-refractivity contribution in [3.05, 3.63) is 0 Å². The molecule has 2 nitrogen and oxygen atoms in total. The summed E-state index contributed by atoms with van der Waals surface area (Å²) in [6.45, 7) is 5.50. The third-order valence-electron chi connectivity index (χ3n) is 1.49. The van der Waals surface area contributed by atoms with Crippen molar-refractivity contribution in [1.82, 2.24) is 0 Å². The third kappa shape index (κ3) is 12.0. The van der Waals surface area contributed by atoms with E-state index >= 15 is 0 Å². The monoisotopic (exact) mass is 446 g/mol. The van der Waals surface area contributed by atoms with E-state index in [1.807, 2.05) is 0 Å². The molecule has 0 saturated carbocycles. The molecule has 0 bridgehead atoms. The molecule has 6 heteroatoms. The van der Waals surface area contributed by atoms with Crippen molar-refractivity contribution in [2.45, 2.75) is 39.5 Å². The molecule has 0 aliphatic carbocycles. The molecule has 0 radical (unpaired) electrons. The van der Waals surface area contributed by atoms with Crippen LogP contribution in [0.25, 0.3) is 0 Å². The SMILES string of the molecule is CCCCO[P+]([S-])([S-])OCCCC.[Tl+]. The van der Waals surface area contributed by atoms with Gasteiger partial charge in [0.15, 0.2) is 0 Å². The molecule has 0 atom stereocenters. The van der Waals surface area contributed by atoms with Crippen LogP contribution in [0, 0.1) is 0 Å². The molecule has 0 rings (SSSR count). The van der Waals surface area contributed by atoms with E-state index < -0.39 is 6.12 Å². The Hall–Kier alpha value is 1.97. The van der Waals surface area contributed by atoms with E-state index in [2.05, 4.69) is 13.8 Å². The summed E-state index contributed by atoms with van der Waals surface area (Å²) in [5, 5.41) is 0. The molecule has 0 aromatic heterocycles. The maximum Gasteiger partial charge on any atom is 1.00 e. The summed E-state index contributed by atoms with van der Waals surface area (Å²) >= 11 is 10.1. The molecule has 82 valence electrons. The van der Waals surface area contributed by atoms with Gasteiger partial charge in [-0.25, -0.2) is 0 Å². The van der Waals surface area contributed by atoms with Crippen molar-refractivity contribution in [2.24, 2.45) is 0 Å². The summed E-state index contributed by atoms with van der Waals surface area (Å²) in [5.74, 6) is 0. The number of hydrogen-bond donors (Lipinski definition) is 0. The Bertz CT molecular complexity index is 116.